The monoisotopic (exact) mass is 288 g/mol. The number of hydrogen-bond donors (Lipinski definition) is 0. The number of rotatable bonds is 0. The van der Waals surface area contributed by atoms with E-state index in [9.17, 15) is 0 Å². The van der Waals surface area contributed by atoms with Gasteiger partial charge in [0.1, 0.15) is 0 Å². The molecule has 0 aliphatic rings. The molecule has 5 heavy (non-hydrogen) atoms. The average molecular weight is 287 g/mol. The van der Waals surface area contributed by atoms with Crippen LogP contribution >= 0.6 is 19.4 Å². The maximum atomic E-state index is 5.16. The van der Waals surface area contributed by atoms with Gasteiger partial charge in [-0.2, -0.15) is 0 Å². The second-order valence-corrected chi connectivity index (χ2v) is 4.08. The first-order valence-corrected chi connectivity index (χ1v) is 6.61. The maximum absolute atomic E-state index is 5.16. The van der Waals surface area contributed by atoms with Crippen LogP contribution in [0.4, 0.5) is 0 Å². The Labute approximate surface area is 53.0 Å². The Morgan fingerprint density at radius 3 is 1.60 bits per heavy atom. The first kappa shape index (κ1) is 6.54. The van der Waals surface area contributed by atoms with Crippen LogP contribution in [0.5, 0.6) is 0 Å². The van der Waals surface area contributed by atoms with E-state index in [1.807, 2.05) is 0 Å². The molecule has 0 saturated heterocycles. The van der Waals surface area contributed by atoms with Crippen LogP contribution in [-0.4, -0.2) is 0 Å². The Balaban J connectivity index is 3.26. The second-order valence-electron chi connectivity index (χ2n) is 0.175. The predicted molar refractivity (Wildman–Crippen MR) is 13.8 cm³/mol. The summed E-state index contributed by atoms with van der Waals surface area (Å²) in [7, 11) is 10.3. The summed E-state index contributed by atoms with van der Waals surface area (Å²) < 4.78 is 3.68. The van der Waals surface area contributed by atoms with Gasteiger partial charge in [0.05, 0.1) is 0 Å². The molecule has 5 heteroatoms. The van der Waals surface area contributed by atoms with E-state index in [4.69, 9.17) is 19.4 Å². The molecule has 0 rings (SSSR count). The summed E-state index contributed by atoms with van der Waals surface area (Å²) in [6.45, 7) is 0. The molecule has 0 amide bonds. The van der Waals surface area contributed by atoms with Crippen molar-refractivity contribution in [2.45, 2.75) is 0 Å². The summed E-state index contributed by atoms with van der Waals surface area (Å²) in [4.78, 5) is 0. The van der Waals surface area contributed by atoms with Crippen molar-refractivity contribution < 1.29 is 31.9 Å². The van der Waals surface area contributed by atoms with E-state index in [0.717, 1.165) is 0 Å². The van der Waals surface area contributed by atoms with Gasteiger partial charge in [-0.25, -0.2) is 0 Å². The van der Waals surface area contributed by atoms with Crippen LogP contribution in [0, 0.1) is 0 Å². The SMILES string of the molecule is [Cl][Ru]=[N+]=[Ru][Cl]. The van der Waals surface area contributed by atoms with Crippen molar-refractivity contribution in [1.82, 2.24) is 2.05 Å². The summed E-state index contributed by atoms with van der Waals surface area (Å²) >= 11 is -0.507. The van der Waals surface area contributed by atoms with E-state index in [0.29, 0.717) is 0 Å². The first-order chi connectivity index (χ1) is 2.41. The van der Waals surface area contributed by atoms with E-state index in [2.05, 4.69) is 2.05 Å². The molecule has 0 aliphatic heterocycles. The molecule has 0 aromatic carbocycles. The first-order valence-electron chi connectivity index (χ1n) is 0.583. The van der Waals surface area contributed by atoms with E-state index in [-0.39, 0.29) is 31.9 Å². The van der Waals surface area contributed by atoms with Crippen molar-refractivity contribution in [2.75, 3.05) is 0 Å². The van der Waals surface area contributed by atoms with Crippen LogP contribution in [0.1, 0.15) is 0 Å². The molecule has 0 aromatic heterocycles. The van der Waals surface area contributed by atoms with Gasteiger partial charge >= 0.3 is 53.3 Å². The predicted octanol–water partition coefficient (Wildman–Crippen LogP) is 0.893. The van der Waals surface area contributed by atoms with Crippen LogP contribution in [0.2, 0.25) is 0 Å². The average Bonchev–Trinajstić information content (AvgIpc) is 1.41. The van der Waals surface area contributed by atoms with Gasteiger partial charge in [-0.1, -0.05) is 0 Å². The van der Waals surface area contributed by atoms with E-state index < -0.39 is 0 Å². The molecule has 1 nitrogen and oxygen atoms in total. The van der Waals surface area contributed by atoms with Crippen molar-refractivity contribution in [2.24, 2.45) is 0 Å². The van der Waals surface area contributed by atoms with Crippen LogP contribution in [0.25, 0.3) is 0 Å². The fourth-order valence-corrected chi connectivity index (χ4v) is 2.52. The molecule has 0 aliphatic carbocycles. The van der Waals surface area contributed by atoms with Crippen LogP contribution in [0.3, 0.4) is 0 Å². The minimum absolute atomic E-state index is 0.253. The quantitative estimate of drug-likeness (QED) is 0.464. The fraction of sp³-hybridized carbons (Fsp3) is 0. The Hall–Kier alpha value is 1.54. The van der Waals surface area contributed by atoms with Crippen molar-refractivity contribution in [3.05, 3.63) is 0 Å². The van der Waals surface area contributed by atoms with Gasteiger partial charge in [-0.3, -0.25) is 0 Å². The van der Waals surface area contributed by atoms with Crippen molar-refractivity contribution in [3.63, 3.8) is 0 Å². The topological polar surface area (TPSA) is 14.1 Å². The molecule has 0 spiro atoms. The van der Waals surface area contributed by atoms with Gasteiger partial charge in [0, 0.05) is 0 Å². The Morgan fingerprint density at radius 1 is 1.20 bits per heavy atom. The summed E-state index contributed by atoms with van der Waals surface area (Å²) in [5.74, 6) is 0. The van der Waals surface area contributed by atoms with Crippen LogP contribution < -0.4 is 2.05 Å². The third kappa shape index (κ3) is 5.54. The number of nitrogens with zero attached hydrogens (tertiary/aromatic N) is 1. The minimum atomic E-state index is -0.253. The van der Waals surface area contributed by atoms with Crippen LogP contribution in [-0.2, 0) is 31.9 Å². The number of halogens is 2. The normalized spacial score (nSPS) is 6.80. The van der Waals surface area contributed by atoms with Crippen molar-refractivity contribution >= 4 is 19.4 Å². The zero-order chi connectivity index (χ0) is 4.12. The zero-order valence-corrected chi connectivity index (χ0v) is 6.90. The third-order valence-electron chi connectivity index (χ3n) is 0.0423. The van der Waals surface area contributed by atoms with Gasteiger partial charge in [0.2, 0.25) is 0 Å². The van der Waals surface area contributed by atoms with Crippen LogP contribution in [0.15, 0.2) is 0 Å². The molecular formula is Cl2NRu2+. The molecule has 0 aromatic rings. The molecule has 0 unspecified atom stereocenters. The molecule has 0 bridgehead atoms. The van der Waals surface area contributed by atoms with E-state index in [1.54, 1.807) is 0 Å². The Morgan fingerprint density at radius 2 is 1.60 bits per heavy atom. The molecule has 0 atom stereocenters. The van der Waals surface area contributed by atoms with E-state index >= 15 is 0 Å². The second kappa shape index (κ2) is 5.54. The third-order valence-corrected chi connectivity index (χ3v) is 4.44. The molecule has 0 saturated carbocycles. The number of hydrogen-bond acceptors (Lipinski definition) is 0. The fourth-order valence-electron chi connectivity index (χ4n) is 0.00799. The Kier molecular flexibility index (Phi) is 7.24. The van der Waals surface area contributed by atoms with Gasteiger partial charge < -0.3 is 0 Å². The summed E-state index contributed by atoms with van der Waals surface area (Å²) in [6.07, 6.45) is 0. The molecular weight excluding hydrogens is 287 g/mol. The van der Waals surface area contributed by atoms with Gasteiger partial charge in [0.25, 0.3) is 0 Å². The van der Waals surface area contributed by atoms with Crippen molar-refractivity contribution in [3.8, 4) is 0 Å². The van der Waals surface area contributed by atoms with Crippen molar-refractivity contribution in [1.29, 1.82) is 0 Å². The van der Waals surface area contributed by atoms with Gasteiger partial charge in [-0.05, 0) is 0 Å². The summed E-state index contributed by atoms with van der Waals surface area (Å²) in [5, 5.41) is 0. The zero-order valence-electron chi connectivity index (χ0n) is 1.91. The van der Waals surface area contributed by atoms with Gasteiger partial charge in [-0.15, -0.1) is 0 Å². The molecule has 34 valence electrons. The van der Waals surface area contributed by atoms with Gasteiger partial charge in [0.15, 0.2) is 0 Å². The molecule has 0 fully saturated rings. The summed E-state index contributed by atoms with van der Waals surface area (Å²) in [6, 6.07) is 0. The standard InChI is InChI=1S/2ClH.N.2Ru/h2*1H;;;/q;;3*+1/p-2. The van der Waals surface area contributed by atoms with E-state index in [1.165, 1.54) is 0 Å². The summed E-state index contributed by atoms with van der Waals surface area (Å²) in [5.41, 5.74) is 0. The molecule has 0 radical (unpaired) electrons. The molecule has 0 heterocycles. The molecule has 0 N–H and O–H groups in total. The Bertz CT molecular complexity index is 56.0.